The van der Waals surface area contributed by atoms with Gasteiger partial charge in [-0.2, -0.15) is 0 Å². The van der Waals surface area contributed by atoms with E-state index < -0.39 is 0 Å². The minimum absolute atomic E-state index is 0.626. The van der Waals surface area contributed by atoms with Crippen LogP contribution in [0.2, 0.25) is 0 Å². The summed E-state index contributed by atoms with van der Waals surface area (Å²) in [5, 5.41) is 0. The van der Waals surface area contributed by atoms with E-state index in [0.29, 0.717) is 6.61 Å². The molecule has 96 valence electrons. The monoisotopic (exact) mass is 246 g/mol. The first-order valence-corrected chi connectivity index (χ1v) is 5.93. The smallest absolute Gasteiger partial charge is 0.121 e. The average Bonchev–Trinajstić information content (AvgIpc) is 2.82. The molecule has 0 fully saturated rings. The number of nitrogen functional groups attached to an aromatic ring is 1. The van der Waals surface area contributed by atoms with Gasteiger partial charge in [-0.3, -0.25) is 4.90 Å². The molecule has 0 saturated heterocycles. The number of anilines is 1. The third-order valence-corrected chi connectivity index (χ3v) is 2.61. The lowest BCUT2D eigenvalue weighted by atomic mass is 10.3. The largest absolute Gasteiger partial charge is 0.492 e. The first-order valence-electron chi connectivity index (χ1n) is 5.93. The van der Waals surface area contributed by atoms with Crippen molar-refractivity contribution in [1.82, 2.24) is 4.90 Å². The minimum atomic E-state index is 0.626. The molecular weight excluding hydrogens is 228 g/mol. The number of hydrogen-bond donors (Lipinski definition) is 1. The van der Waals surface area contributed by atoms with Crippen LogP contribution in [0.4, 0.5) is 5.69 Å². The number of nitrogens with two attached hydrogens (primary N) is 1. The van der Waals surface area contributed by atoms with Crippen molar-refractivity contribution in [3.63, 3.8) is 0 Å². The van der Waals surface area contributed by atoms with Crippen molar-refractivity contribution in [3.8, 4) is 5.75 Å². The fourth-order valence-corrected chi connectivity index (χ4v) is 1.67. The molecule has 0 aliphatic heterocycles. The van der Waals surface area contributed by atoms with Crippen LogP contribution in [0.25, 0.3) is 0 Å². The molecule has 18 heavy (non-hydrogen) atoms. The second-order valence-electron chi connectivity index (χ2n) is 4.24. The Kier molecular flexibility index (Phi) is 4.25. The second kappa shape index (κ2) is 6.12. The molecule has 0 spiro atoms. The highest BCUT2D eigenvalue weighted by molar-refractivity contribution is 5.43. The summed E-state index contributed by atoms with van der Waals surface area (Å²) in [6, 6.07) is 11.3. The molecule has 4 nitrogen and oxygen atoms in total. The van der Waals surface area contributed by atoms with Gasteiger partial charge in [-0.05, 0) is 31.3 Å². The van der Waals surface area contributed by atoms with Gasteiger partial charge in [0, 0.05) is 18.3 Å². The quantitative estimate of drug-likeness (QED) is 0.795. The molecule has 0 saturated carbocycles. The zero-order chi connectivity index (χ0) is 12.8. The summed E-state index contributed by atoms with van der Waals surface area (Å²) >= 11 is 0. The lowest BCUT2D eigenvalue weighted by Crippen LogP contribution is -2.23. The maximum Gasteiger partial charge on any atom is 0.121 e. The molecule has 0 amide bonds. The third-order valence-electron chi connectivity index (χ3n) is 2.61. The summed E-state index contributed by atoms with van der Waals surface area (Å²) in [7, 11) is 2.03. The normalized spacial score (nSPS) is 10.8. The SMILES string of the molecule is CN(CCOc1cccc(N)c1)Cc1ccco1. The van der Waals surface area contributed by atoms with Crippen molar-refractivity contribution in [1.29, 1.82) is 0 Å². The first-order chi connectivity index (χ1) is 8.74. The van der Waals surface area contributed by atoms with E-state index in [1.807, 2.05) is 43.4 Å². The molecule has 4 heteroatoms. The van der Waals surface area contributed by atoms with Crippen LogP contribution in [-0.2, 0) is 6.54 Å². The van der Waals surface area contributed by atoms with E-state index in [1.54, 1.807) is 6.26 Å². The molecular formula is C14H18N2O2. The van der Waals surface area contributed by atoms with Gasteiger partial charge in [-0.25, -0.2) is 0 Å². The highest BCUT2D eigenvalue weighted by Gasteiger charge is 2.02. The molecule has 0 bridgehead atoms. The molecule has 1 aromatic heterocycles. The lowest BCUT2D eigenvalue weighted by Gasteiger charge is -2.15. The topological polar surface area (TPSA) is 51.6 Å². The summed E-state index contributed by atoms with van der Waals surface area (Å²) in [5.74, 6) is 1.77. The zero-order valence-electron chi connectivity index (χ0n) is 10.5. The van der Waals surface area contributed by atoms with Gasteiger partial charge in [0.1, 0.15) is 18.1 Å². The summed E-state index contributed by atoms with van der Waals surface area (Å²) in [6.45, 7) is 2.24. The molecule has 0 unspecified atom stereocenters. The molecule has 2 aromatic rings. The van der Waals surface area contributed by atoms with Gasteiger partial charge in [-0.1, -0.05) is 6.07 Å². The Morgan fingerprint density at radius 1 is 1.28 bits per heavy atom. The number of nitrogens with zero attached hydrogens (tertiary/aromatic N) is 1. The Bertz CT molecular complexity index is 468. The van der Waals surface area contributed by atoms with Crippen LogP contribution >= 0.6 is 0 Å². The zero-order valence-corrected chi connectivity index (χ0v) is 10.5. The summed E-state index contributed by atoms with van der Waals surface area (Å²) in [5.41, 5.74) is 6.40. The number of ether oxygens (including phenoxy) is 1. The van der Waals surface area contributed by atoms with Crippen LogP contribution < -0.4 is 10.5 Å². The van der Waals surface area contributed by atoms with E-state index in [2.05, 4.69) is 4.90 Å². The van der Waals surface area contributed by atoms with Crippen molar-refractivity contribution in [2.45, 2.75) is 6.54 Å². The van der Waals surface area contributed by atoms with Crippen molar-refractivity contribution in [2.75, 3.05) is 25.9 Å². The Morgan fingerprint density at radius 3 is 2.89 bits per heavy atom. The van der Waals surface area contributed by atoms with E-state index in [9.17, 15) is 0 Å². The van der Waals surface area contributed by atoms with Crippen LogP contribution in [0.5, 0.6) is 5.75 Å². The third kappa shape index (κ3) is 3.82. The van der Waals surface area contributed by atoms with Gasteiger partial charge in [-0.15, -0.1) is 0 Å². The van der Waals surface area contributed by atoms with Crippen LogP contribution in [0.15, 0.2) is 47.1 Å². The van der Waals surface area contributed by atoms with Crippen molar-refractivity contribution < 1.29 is 9.15 Å². The number of furan rings is 1. The molecule has 1 heterocycles. The number of benzene rings is 1. The predicted molar refractivity (Wildman–Crippen MR) is 71.4 cm³/mol. The standard InChI is InChI=1S/C14H18N2O2/c1-16(11-14-6-3-8-17-14)7-9-18-13-5-2-4-12(15)10-13/h2-6,8,10H,7,9,11,15H2,1H3. The van der Waals surface area contributed by atoms with Crippen molar-refractivity contribution in [2.24, 2.45) is 0 Å². The highest BCUT2D eigenvalue weighted by atomic mass is 16.5. The van der Waals surface area contributed by atoms with E-state index in [1.165, 1.54) is 0 Å². The van der Waals surface area contributed by atoms with Crippen LogP contribution in [-0.4, -0.2) is 25.1 Å². The fraction of sp³-hybridized carbons (Fsp3) is 0.286. The molecule has 0 aliphatic carbocycles. The minimum Gasteiger partial charge on any atom is -0.492 e. The van der Waals surface area contributed by atoms with Gasteiger partial charge < -0.3 is 14.9 Å². The van der Waals surface area contributed by atoms with E-state index in [0.717, 1.165) is 30.3 Å². The maximum absolute atomic E-state index is 5.68. The van der Waals surface area contributed by atoms with Crippen molar-refractivity contribution >= 4 is 5.69 Å². The number of hydrogen-bond acceptors (Lipinski definition) is 4. The number of likely N-dealkylation sites (N-methyl/N-ethyl adjacent to an activating group) is 1. The average molecular weight is 246 g/mol. The maximum atomic E-state index is 5.68. The van der Waals surface area contributed by atoms with E-state index in [4.69, 9.17) is 14.9 Å². The predicted octanol–water partition coefficient (Wildman–Crippen LogP) is 2.37. The molecule has 1 aromatic carbocycles. The molecule has 2 rings (SSSR count). The fourth-order valence-electron chi connectivity index (χ4n) is 1.67. The summed E-state index contributed by atoms with van der Waals surface area (Å²) < 4.78 is 10.9. The first kappa shape index (κ1) is 12.5. The van der Waals surface area contributed by atoms with Gasteiger partial charge in [0.25, 0.3) is 0 Å². The lowest BCUT2D eigenvalue weighted by molar-refractivity contribution is 0.222. The Morgan fingerprint density at radius 2 is 2.17 bits per heavy atom. The van der Waals surface area contributed by atoms with E-state index in [-0.39, 0.29) is 0 Å². The highest BCUT2D eigenvalue weighted by Crippen LogP contribution is 2.14. The second-order valence-corrected chi connectivity index (χ2v) is 4.24. The van der Waals surface area contributed by atoms with Crippen molar-refractivity contribution in [3.05, 3.63) is 48.4 Å². The van der Waals surface area contributed by atoms with Gasteiger partial charge in [0.05, 0.1) is 12.8 Å². The van der Waals surface area contributed by atoms with Gasteiger partial charge in [0.2, 0.25) is 0 Å². The Labute approximate surface area is 107 Å². The summed E-state index contributed by atoms with van der Waals surface area (Å²) in [6.07, 6.45) is 1.69. The molecule has 0 atom stereocenters. The van der Waals surface area contributed by atoms with Crippen LogP contribution in [0, 0.1) is 0 Å². The van der Waals surface area contributed by atoms with Crippen LogP contribution in [0.1, 0.15) is 5.76 Å². The molecule has 0 aliphatic rings. The summed E-state index contributed by atoms with van der Waals surface area (Å²) in [4.78, 5) is 2.14. The Balaban J connectivity index is 1.72. The number of rotatable bonds is 6. The molecule has 2 N–H and O–H groups in total. The van der Waals surface area contributed by atoms with E-state index >= 15 is 0 Å². The van der Waals surface area contributed by atoms with Gasteiger partial charge >= 0.3 is 0 Å². The van der Waals surface area contributed by atoms with Gasteiger partial charge in [0.15, 0.2) is 0 Å². The Hall–Kier alpha value is -1.94. The molecule has 0 radical (unpaired) electrons. The van der Waals surface area contributed by atoms with Crippen LogP contribution in [0.3, 0.4) is 0 Å².